The van der Waals surface area contributed by atoms with Crippen molar-refractivity contribution in [2.45, 2.75) is 44.7 Å². The van der Waals surface area contributed by atoms with Crippen LogP contribution < -0.4 is 10.0 Å². The van der Waals surface area contributed by atoms with Gasteiger partial charge in [0.1, 0.15) is 4.90 Å². The second-order valence-electron chi connectivity index (χ2n) is 4.40. The highest BCUT2D eigenvalue weighted by atomic mass is 32.2. The minimum atomic E-state index is -3.38. The van der Waals surface area contributed by atoms with Gasteiger partial charge in [-0.3, -0.25) is 4.68 Å². The van der Waals surface area contributed by atoms with Gasteiger partial charge in [-0.1, -0.05) is 20.8 Å². The number of rotatable bonds is 8. The van der Waals surface area contributed by atoms with Crippen LogP contribution in [0.3, 0.4) is 0 Å². The van der Waals surface area contributed by atoms with Gasteiger partial charge in [0.05, 0.1) is 6.20 Å². The summed E-state index contributed by atoms with van der Waals surface area (Å²) in [6, 6.07) is 0.465. The molecule has 0 aliphatic rings. The maximum atomic E-state index is 11.7. The van der Waals surface area contributed by atoms with Crippen LogP contribution >= 0.6 is 0 Å². The van der Waals surface area contributed by atoms with Crippen LogP contribution in [0.1, 0.15) is 27.2 Å². The van der Waals surface area contributed by atoms with Crippen LogP contribution in [0.5, 0.6) is 0 Å². The van der Waals surface area contributed by atoms with E-state index in [1.807, 2.05) is 0 Å². The number of nitrogens with one attached hydrogen (secondary N) is 2. The maximum absolute atomic E-state index is 11.7. The Labute approximate surface area is 109 Å². The van der Waals surface area contributed by atoms with Crippen molar-refractivity contribution >= 4 is 10.0 Å². The lowest BCUT2D eigenvalue weighted by Crippen LogP contribution is -2.24. The lowest BCUT2D eigenvalue weighted by atomic mass is 10.3. The van der Waals surface area contributed by atoms with Gasteiger partial charge >= 0.3 is 0 Å². The van der Waals surface area contributed by atoms with E-state index in [1.165, 1.54) is 6.20 Å². The third-order valence-corrected chi connectivity index (χ3v) is 3.87. The Morgan fingerprint density at radius 1 is 1.44 bits per heavy atom. The predicted molar refractivity (Wildman–Crippen MR) is 70.8 cm³/mol. The Morgan fingerprint density at radius 3 is 2.78 bits per heavy atom. The second-order valence-corrected chi connectivity index (χ2v) is 6.17. The van der Waals surface area contributed by atoms with Crippen molar-refractivity contribution in [3.8, 4) is 0 Å². The molecule has 0 saturated heterocycles. The van der Waals surface area contributed by atoms with Crippen LogP contribution in [0.2, 0.25) is 0 Å². The number of sulfonamides is 1. The molecule has 0 spiro atoms. The largest absolute Gasteiger partial charge is 0.314 e. The Balaban J connectivity index is 2.49. The van der Waals surface area contributed by atoms with Crippen molar-refractivity contribution in [2.24, 2.45) is 0 Å². The molecule has 0 bridgehead atoms. The van der Waals surface area contributed by atoms with Gasteiger partial charge in [0.2, 0.25) is 10.0 Å². The van der Waals surface area contributed by atoms with Crippen LogP contribution in [0.25, 0.3) is 0 Å². The minimum Gasteiger partial charge on any atom is -0.314 e. The van der Waals surface area contributed by atoms with Gasteiger partial charge in [-0.2, -0.15) is 5.10 Å². The van der Waals surface area contributed by atoms with Gasteiger partial charge in [0.15, 0.2) is 0 Å². The standard InChI is InChI=1S/C11H22N4O2S/c1-4-14-18(16,17)11-8-13-15(9-11)7-5-6-12-10(2)3/h8-10,12,14H,4-7H2,1-3H3. The molecular weight excluding hydrogens is 252 g/mol. The summed E-state index contributed by atoms with van der Waals surface area (Å²) in [5.41, 5.74) is 0. The van der Waals surface area contributed by atoms with Crippen molar-refractivity contribution < 1.29 is 8.42 Å². The summed E-state index contributed by atoms with van der Waals surface area (Å²) in [6.45, 7) is 7.92. The molecule has 0 fully saturated rings. The summed E-state index contributed by atoms with van der Waals surface area (Å²) in [6.07, 6.45) is 3.86. The van der Waals surface area contributed by atoms with Gasteiger partial charge in [0, 0.05) is 25.3 Å². The molecule has 0 aliphatic carbocycles. The van der Waals surface area contributed by atoms with Crippen molar-refractivity contribution in [1.29, 1.82) is 0 Å². The highest BCUT2D eigenvalue weighted by Crippen LogP contribution is 2.06. The molecule has 0 amide bonds. The average Bonchev–Trinajstić information content (AvgIpc) is 2.73. The van der Waals surface area contributed by atoms with Gasteiger partial charge < -0.3 is 5.32 Å². The molecule has 0 unspecified atom stereocenters. The molecule has 6 nitrogen and oxygen atoms in total. The smallest absolute Gasteiger partial charge is 0.243 e. The number of aryl methyl sites for hydroxylation is 1. The van der Waals surface area contributed by atoms with Crippen molar-refractivity contribution in [3.63, 3.8) is 0 Å². The predicted octanol–water partition coefficient (Wildman–Crippen LogP) is 0.569. The number of nitrogens with zero attached hydrogens (tertiary/aromatic N) is 2. The molecule has 0 radical (unpaired) electrons. The molecule has 104 valence electrons. The SMILES string of the molecule is CCNS(=O)(=O)c1cnn(CCCNC(C)C)c1. The molecule has 2 N–H and O–H groups in total. The molecule has 1 aromatic rings. The first kappa shape index (κ1) is 15.1. The van der Waals surface area contributed by atoms with Crippen LogP contribution in [0.15, 0.2) is 17.3 Å². The topological polar surface area (TPSA) is 76.0 Å². The molecule has 0 atom stereocenters. The fraction of sp³-hybridized carbons (Fsp3) is 0.727. The van der Waals surface area contributed by atoms with Gasteiger partial charge in [-0.15, -0.1) is 0 Å². The minimum absolute atomic E-state index is 0.223. The van der Waals surface area contributed by atoms with Crippen LogP contribution in [0, 0.1) is 0 Å². The first-order valence-corrected chi connectivity index (χ1v) is 7.69. The van der Waals surface area contributed by atoms with E-state index in [9.17, 15) is 8.42 Å². The molecule has 18 heavy (non-hydrogen) atoms. The van der Waals surface area contributed by atoms with Gasteiger partial charge in [-0.25, -0.2) is 13.1 Å². The fourth-order valence-corrected chi connectivity index (χ4v) is 2.50. The summed E-state index contributed by atoms with van der Waals surface area (Å²) < 4.78 is 27.5. The highest BCUT2D eigenvalue weighted by Gasteiger charge is 2.14. The lowest BCUT2D eigenvalue weighted by molar-refractivity contribution is 0.513. The zero-order chi connectivity index (χ0) is 13.6. The summed E-state index contributed by atoms with van der Waals surface area (Å²) in [5, 5.41) is 7.35. The molecule has 0 aromatic carbocycles. The van der Waals surface area contributed by atoms with E-state index in [0.717, 1.165) is 13.0 Å². The van der Waals surface area contributed by atoms with E-state index >= 15 is 0 Å². The first-order chi connectivity index (χ1) is 8.45. The third-order valence-electron chi connectivity index (χ3n) is 2.37. The zero-order valence-electron chi connectivity index (χ0n) is 11.2. The van der Waals surface area contributed by atoms with Crippen molar-refractivity contribution in [3.05, 3.63) is 12.4 Å². The van der Waals surface area contributed by atoms with E-state index in [1.54, 1.807) is 17.8 Å². The second kappa shape index (κ2) is 6.86. The zero-order valence-corrected chi connectivity index (χ0v) is 12.0. The number of hydrogen-bond donors (Lipinski definition) is 2. The quantitative estimate of drug-likeness (QED) is 0.680. The number of aromatic nitrogens is 2. The fourth-order valence-electron chi connectivity index (χ4n) is 1.51. The van der Waals surface area contributed by atoms with Crippen LogP contribution in [0.4, 0.5) is 0 Å². The average molecular weight is 274 g/mol. The molecular formula is C11H22N4O2S. The van der Waals surface area contributed by atoms with E-state index in [-0.39, 0.29) is 4.90 Å². The van der Waals surface area contributed by atoms with E-state index in [0.29, 0.717) is 19.1 Å². The maximum Gasteiger partial charge on any atom is 0.243 e. The summed E-state index contributed by atoms with van der Waals surface area (Å²) in [4.78, 5) is 0.223. The summed E-state index contributed by atoms with van der Waals surface area (Å²) >= 11 is 0. The first-order valence-electron chi connectivity index (χ1n) is 6.21. The molecule has 7 heteroatoms. The molecule has 1 heterocycles. The lowest BCUT2D eigenvalue weighted by Gasteiger charge is -2.07. The summed E-state index contributed by atoms with van der Waals surface area (Å²) in [7, 11) is -3.38. The third kappa shape index (κ3) is 4.75. The molecule has 0 saturated carbocycles. The normalized spacial score (nSPS) is 12.2. The molecule has 1 aromatic heterocycles. The van der Waals surface area contributed by atoms with Crippen molar-refractivity contribution in [1.82, 2.24) is 19.8 Å². The molecule has 0 aliphatic heterocycles. The Kier molecular flexibility index (Phi) is 5.77. The highest BCUT2D eigenvalue weighted by molar-refractivity contribution is 7.89. The van der Waals surface area contributed by atoms with Gasteiger partial charge in [-0.05, 0) is 13.0 Å². The van der Waals surface area contributed by atoms with E-state index < -0.39 is 10.0 Å². The van der Waals surface area contributed by atoms with Crippen LogP contribution in [-0.4, -0.2) is 37.3 Å². The number of hydrogen-bond acceptors (Lipinski definition) is 4. The Morgan fingerprint density at radius 2 is 2.17 bits per heavy atom. The summed E-state index contributed by atoms with van der Waals surface area (Å²) in [5.74, 6) is 0. The monoisotopic (exact) mass is 274 g/mol. The van der Waals surface area contributed by atoms with E-state index in [2.05, 4.69) is 29.0 Å². The Bertz CT molecular complexity index is 453. The molecule has 1 rings (SSSR count). The van der Waals surface area contributed by atoms with E-state index in [4.69, 9.17) is 0 Å². The van der Waals surface area contributed by atoms with Gasteiger partial charge in [0.25, 0.3) is 0 Å². The van der Waals surface area contributed by atoms with Crippen molar-refractivity contribution in [2.75, 3.05) is 13.1 Å². The van der Waals surface area contributed by atoms with Crippen LogP contribution in [-0.2, 0) is 16.6 Å². The Hall–Kier alpha value is -0.920.